The van der Waals surface area contributed by atoms with Gasteiger partial charge in [-0.25, -0.2) is 0 Å². The van der Waals surface area contributed by atoms with Crippen molar-refractivity contribution in [1.29, 1.82) is 0 Å². The zero-order valence-electron chi connectivity index (χ0n) is 11.7. The molecule has 0 spiro atoms. The number of hydrogen-bond donors (Lipinski definition) is 1. The van der Waals surface area contributed by atoms with Gasteiger partial charge in [0.1, 0.15) is 11.5 Å². The highest BCUT2D eigenvalue weighted by Gasteiger charge is 2.12. The molecule has 0 radical (unpaired) electrons. The fraction of sp³-hybridized carbons (Fsp3) is 0.571. The third kappa shape index (κ3) is 4.30. The summed E-state index contributed by atoms with van der Waals surface area (Å²) in [7, 11) is 0. The number of ether oxygens (including phenoxy) is 2. The summed E-state index contributed by atoms with van der Waals surface area (Å²) in [5, 5.41) is 3.83. The molecular weight excluding hydrogens is 250 g/mol. The third-order valence-corrected chi connectivity index (χ3v) is 2.42. The lowest BCUT2D eigenvalue weighted by Gasteiger charge is -2.18. The van der Waals surface area contributed by atoms with E-state index in [1.807, 2.05) is 40.7 Å². The molecule has 3 nitrogen and oxygen atoms in total. The van der Waals surface area contributed by atoms with Crippen molar-refractivity contribution in [2.45, 2.75) is 46.8 Å². The second kappa shape index (κ2) is 6.74. The number of nitrogens with one attached hydrogen (secondary N) is 1. The van der Waals surface area contributed by atoms with E-state index >= 15 is 0 Å². The molecule has 0 aliphatic heterocycles. The minimum absolute atomic E-state index is 0.0915. The van der Waals surface area contributed by atoms with Crippen LogP contribution in [0, 0.1) is 0 Å². The Hall–Kier alpha value is -1.09. The molecule has 0 aliphatic carbocycles. The Morgan fingerprint density at radius 1 is 1.06 bits per heavy atom. The van der Waals surface area contributed by atoms with Gasteiger partial charge in [0.05, 0.1) is 22.9 Å². The average Bonchev–Trinajstić information content (AvgIpc) is 2.23. The first-order chi connectivity index (χ1) is 8.43. The van der Waals surface area contributed by atoms with Crippen LogP contribution in [0.5, 0.6) is 11.5 Å². The minimum atomic E-state index is 0.0915. The number of anilines is 1. The molecule has 1 N–H and O–H groups in total. The highest BCUT2D eigenvalue weighted by atomic mass is 35.5. The van der Waals surface area contributed by atoms with Crippen LogP contribution >= 0.6 is 11.6 Å². The van der Waals surface area contributed by atoms with E-state index in [0.29, 0.717) is 10.8 Å². The highest BCUT2D eigenvalue weighted by molar-refractivity contribution is 6.32. The predicted molar refractivity (Wildman–Crippen MR) is 77.1 cm³/mol. The fourth-order valence-electron chi connectivity index (χ4n) is 1.56. The maximum Gasteiger partial charge on any atom is 0.144 e. The van der Waals surface area contributed by atoms with Gasteiger partial charge >= 0.3 is 0 Å². The van der Waals surface area contributed by atoms with Crippen LogP contribution in [0.1, 0.15) is 34.6 Å². The van der Waals surface area contributed by atoms with Crippen LogP contribution in [-0.4, -0.2) is 18.8 Å². The van der Waals surface area contributed by atoms with Crippen LogP contribution in [0.3, 0.4) is 0 Å². The summed E-state index contributed by atoms with van der Waals surface area (Å²) in [6.45, 7) is 10.8. The molecule has 0 aromatic heterocycles. The normalized spacial score (nSPS) is 10.9. The Morgan fingerprint density at radius 3 is 2.11 bits per heavy atom. The maximum atomic E-state index is 6.20. The predicted octanol–water partition coefficient (Wildman–Crippen LogP) is 4.35. The van der Waals surface area contributed by atoms with Crippen LogP contribution in [0.4, 0.5) is 5.69 Å². The van der Waals surface area contributed by atoms with Crippen LogP contribution in [0.25, 0.3) is 0 Å². The van der Waals surface area contributed by atoms with Gasteiger partial charge in [0.15, 0.2) is 0 Å². The second-order valence-corrected chi connectivity index (χ2v) is 5.05. The molecule has 0 amide bonds. The van der Waals surface area contributed by atoms with Crippen LogP contribution in [0.15, 0.2) is 12.1 Å². The molecule has 18 heavy (non-hydrogen) atoms. The summed E-state index contributed by atoms with van der Waals surface area (Å²) in [4.78, 5) is 0. The van der Waals surface area contributed by atoms with E-state index in [1.165, 1.54) is 0 Å². The Labute approximate surface area is 114 Å². The van der Waals surface area contributed by atoms with Gasteiger partial charge in [-0.2, -0.15) is 0 Å². The van der Waals surface area contributed by atoms with Crippen molar-refractivity contribution in [3.63, 3.8) is 0 Å². The molecule has 0 fully saturated rings. The van der Waals surface area contributed by atoms with Crippen LogP contribution in [0.2, 0.25) is 5.02 Å². The first kappa shape index (κ1) is 15.0. The summed E-state index contributed by atoms with van der Waals surface area (Å²) in [6, 6.07) is 3.70. The molecule has 0 saturated carbocycles. The molecule has 0 aliphatic rings. The molecule has 0 heterocycles. The monoisotopic (exact) mass is 271 g/mol. The van der Waals surface area contributed by atoms with Gasteiger partial charge in [-0.15, -0.1) is 0 Å². The van der Waals surface area contributed by atoms with Gasteiger partial charge in [-0.3, -0.25) is 0 Å². The third-order valence-electron chi connectivity index (χ3n) is 2.13. The van der Waals surface area contributed by atoms with Crippen molar-refractivity contribution in [3.8, 4) is 11.5 Å². The number of benzene rings is 1. The Kier molecular flexibility index (Phi) is 5.60. The number of rotatable bonds is 6. The molecule has 102 valence electrons. The molecular formula is C14H22ClNO2. The van der Waals surface area contributed by atoms with E-state index in [1.54, 1.807) is 6.07 Å². The van der Waals surface area contributed by atoms with Gasteiger partial charge < -0.3 is 14.8 Å². The topological polar surface area (TPSA) is 30.5 Å². The van der Waals surface area contributed by atoms with Gasteiger partial charge in [-0.1, -0.05) is 11.6 Å². The SMILES string of the molecule is CCNc1cc(OC(C)C)c(Cl)cc1OC(C)C. The quantitative estimate of drug-likeness (QED) is 0.835. The Balaban J connectivity index is 3.07. The maximum absolute atomic E-state index is 6.20. The van der Waals surface area contributed by atoms with Crippen molar-refractivity contribution in [2.24, 2.45) is 0 Å². The smallest absolute Gasteiger partial charge is 0.144 e. The molecule has 0 saturated heterocycles. The molecule has 0 unspecified atom stereocenters. The fourth-order valence-corrected chi connectivity index (χ4v) is 1.76. The lowest BCUT2D eigenvalue weighted by Crippen LogP contribution is -2.10. The number of hydrogen-bond acceptors (Lipinski definition) is 3. The molecule has 0 atom stereocenters. The van der Waals surface area contributed by atoms with Crippen molar-refractivity contribution >= 4 is 17.3 Å². The molecule has 0 bridgehead atoms. The second-order valence-electron chi connectivity index (χ2n) is 4.64. The summed E-state index contributed by atoms with van der Waals surface area (Å²) in [5.41, 5.74) is 0.909. The number of halogens is 1. The molecule has 1 aromatic rings. The lowest BCUT2D eigenvalue weighted by atomic mass is 10.2. The summed E-state index contributed by atoms with van der Waals surface area (Å²) in [6.07, 6.45) is 0.198. The van der Waals surface area contributed by atoms with Crippen molar-refractivity contribution in [2.75, 3.05) is 11.9 Å². The average molecular weight is 272 g/mol. The Morgan fingerprint density at radius 2 is 1.61 bits per heavy atom. The van der Waals surface area contributed by atoms with Gasteiger partial charge in [0.2, 0.25) is 0 Å². The zero-order valence-corrected chi connectivity index (χ0v) is 12.5. The van der Waals surface area contributed by atoms with E-state index < -0.39 is 0 Å². The van der Waals surface area contributed by atoms with E-state index in [-0.39, 0.29) is 12.2 Å². The standard InChI is InChI=1S/C14H22ClNO2/c1-6-16-12-8-13(17-9(2)3)11(15)7-14(12)18-10(4)5/h7-10,16H,6H2,1-5H3. The summed E-state index contributed by atoms with van der Waals surface area (Å²) in [5.74, 6) is 1.44. The van der Waals surface area contributed by atoms with Crippen LogP contribution < -0.4 is 14.8 Å². The van der Waals surface area contributed by atoms with Crippen molar-refractivity contribution in [3.05, 3.63) is 17.2 Å². The van der Waals surface area contributed by atoms with Crippen LogP contribution in [-0.2, 0) is 0 Å². The van der Waals surface area contributed by atoms with Crippen molar-refractivity contribution in [1.82, 2.24) is 0 Å². The highest BCUT2D eigenvalue weighted by Crippen LogP contribution is 2.37. The largest absolute Gasteiger partial charge is 0.489 e. The zero-order chi connectivity index (χ0) is 13.7. The molecule has 1 rings (SSSR count). The summed E-state index contributed by atoms with van der Waals surface area (Å²) < 4.78 is 11.4. The van der Waals surface area contributed by atoms with E-state index in [4.69, 9.17) is 21.1 Å². The Bertz CT molecular complexity index is 392. The van der Waals surface area contributed by atoms with E-state index in [9.17, 15) is 0 Å². The molecule has 4 heteroatoms. The molecule has 1 aromatic carbocycles. The minimum Gasteiger partial charge on any atom is -0.489 e. The summed E-state index contributed by atoms with van der Waals surface area (Å²) >= 11 is 6.20. The lowest BCUT2D eigenvalue weighted by molar-refractivity contribution is 0.236. The first-order valence-electron chi connectivity index (χ1n) is 6.34. The van der Waals surface area contributed by atoms with Gasteiger partial charge in [0, 0.05) is 18.7 Å². The van der Waals surface area contributed by atoms with Gasteiger partial charge in [0.25, 0.3) is 0 Å². The van der Waals surface area contributed by atoms with E-state index in [2.05, 4.69) is 5.32 Å². The first-order valence-corrected chi connectivity index (χ1v) is 6.72. The van der Waals surface area contributed by atoms with Crippen molar-refractivity contribution < 1.29 is 9.47 Å². The van der Waals surface area contributed by atoms with Gasteiger partial charge in [-0.05, 0) is 34.6 Å². The van der Waals surface area contributed by atoms with E-state index in [0.717, 1.165) is 18.0 Å².